The van der Waals surface area contributed by atoms with Gasteiger partial charge in [-0.25, -0.2) is 0 Å². The van der Waals surface area contributed by atoms with E-state index in [1.54, 1.807) is 4.90 Å². The number of carbonyl (C=O) groups is 2. The molecule has 0 unspecified atom stereocenters. The molecule has 0 rings (SSSR count). The molecule has 0 heterocycles. The minimum atomic E-state index is -0.639. The van der Waals surface area contributed by atoms with Crippen LogP contribution in [-0.2, 0) is 0 Å². The Bertz CT molecular complexity index is 177. The van der Waals surface area contributed by atoms with Crippen molar-refractivity contribution in [1.82, 2.24) is 4.90 Å². The van der Waals surface area contributed by atoms with E-state index in [2.05, 4.69) is 44.8 Å². The van der Waals surface area contributed by atoms with Crippen molar-refractivity contribution in [3.63, 3.8) is 0 Å². The standard InChI is InChI=1S/C7H15NOS.CH3NOS.Na.H/c1-3-5-8(6-4-2)7(9)10;2-1(3)4;;/h3-6H2,1-2H3,(H,9,10);(H3,2,3,4);;/q;;+1;-1. The molecule has 2 N–H and O–H groups in total. The molecule has 0 bridgehead atoms. The van der Waals surface area contributed by atoms with Gasteiger partial charge in [-0.15, -0.1) is 0 Å². The summed E-state index contributed by atoms with van der Waals surface area (Å²) in [5.74, 6) is 0. The number of thiol groups is 2. The van der Waals surface area contributed by atoms with E-state index in [-0.39, 0.29) is 36.2 Å². The largest absolute Gasteiger partial charge is 1.00 e. The zero-order valence-electron chi connectivity index (χ0n) is 10.6. The van der Waals surface area contributed by atoms with Gasteiger partial charge in [0.05, 0.1) is 0 Å². The van der Waals surface area contributed by atoms with Gasteiger partial charge in [-0.1, -0.05) is 39.1 Å². The summed E-state index contributed by atoms with van der Waals surface area (Å²) in [6.07, 6.45) is 2.01. The van der Waals surface area contributed by atoms with Crippen molar-refractivity contribution in [1.29, 1.82) is 0 Å². The van der Waals surface area contributed by atoms with Crippen molar-refractivity contribution in [2.75, 3.05) is 13.1 Å². The van der Waals surface area contributed by atoms with Crippen LogP contribution in [0.2, 0.25) is 0 Å². The third kappa shape index (κ3) is 20.7. The molecule has 0 spiro atoms. The average molecular weight is 262 g/mol. The predicted molar refractivity (Wildman–Crippen MR) is 66.2 cm³/mol. The van der Waals surface area contributed by atoms with E-state index in [1.807, 2.05) is 0 Å². The fourth-order valence-corrected chi connectivity index (χ4v) is 1.04. The number of rotatable bonds is 4. The van der Waals surface area contributed by atoms with Crippen molar-refractivity contribution in [3.05, 3.63) is 0 Å². The number of nitrogens with zero attached hydrogens (tertiary/aromatic N) is 1. The van der Waals surface area contributed by atoms with E-state index in [0.717, 1.165) is 25.9 Å². The number of hydrogen-bond acceptors (Lipinski definition) is 2. The van der Waals surface area contributed by atoms with E-state index in [1.165, 1.54) is 0 Å². The smallest absolute Gasteiger partial charge is 1.00 e. The van der Waals surface area contributed by atoms with Gasteiger partial charge in [0, 0.05) is 13.1 Å². The molecule has 2 amide bonds. The van der Waals surface area contributed by atoms with E-state index in [9.17, 15) is 4.79 Å². The fraction of sp³-hybridized carbons (Fsp3) is 0.750. The molecule has 0 saturated carbocycles. The first-order valence-corrected chi connectivity index (χ1v) is 5.31. The molecule has 0 aliphatic rings. The maximum atomic E-state index is 10.7. The Hall–Kier alpha value is 0.640. The monoisotopic (exact) mass is 262 g/mol. The number of amides is 2. The first-order chi connectivity index (χ1) is 6.45. The molecule has 7 heteroatoms. The van der Waals surface area contributed by atoms with Crippen LogP contribution in [0, 0.1) is 0 Å². The average Bonchev–Trinajstić information content (AvgIpc) is 2.02. The molecule has 4 nitrogen and oxygen atoms in total. The van der Waals surface area contributed by atoms with Gasteiger partial charge in [0.25, 0.3) is 10.5 Å². The maximum Gasteiger partial charge on any atom is 1.00 e. The second-order valence-electron chi connectivity index (χ2n) is 2.61. The predicted octanol–water partition coefficient (Wildman–Crippen LogP) is -0.730. The minimum Gasteiger partial charge on any atom is -1.00 e. The van der Waals surface area contributed by atoms with E-state index in [4.69, 9.17) is 4.79 Å². The summed E-state index contributed by atoms with van der Waals surface area (Å²) in [6, 6.07) is 0. The summed E-state index contributed by atoms with van der Waals surface area (Å²) in [5, 5.41) is -0.747. The number of hydrogen-bond donors (Lipinski definition) is 3. The Labute approximate surface area is 126 Å². The SMILES string of the molecule is CCCN(CCC)C(=O)S.NC(=O)S.[H-].[Na+]. The summed E-state index contributed by atoms with van der Waals surface area (Å²) in [5.41, 5.74) is 4.34. The molecule has 0 aromatic heterocycles. The van der Waals surface area contributed by atoms with E-state index in [0.29, 0.717) is 0 Å². The molecule has 0 atom stereocenters. The third-order valence-corrected chi connectivity index (χ3v) is 1.54. The van der Waals surface area contributed by atoms with Crippen LogP contribution in [0.5, 0.6) is 0 Å². The summed E-state index contributed by atoms with van der Waals surface area (Å²) in [6.45, 7) is 5.77. The fourth-order valence-electron chi connectivity index (χ4n) is 0.843. The van der Waals surface area contributed by atoms with Gasteiger partial charge in [-0.05, 0) is 12.8 Å². The van der Waals surface area contributed by atoms with E-state index < -0.39 is 5.24 Å². The molecule has 0 aromatic carbocycles. The summed E-state index contributed by atoms with van der Waals surface area (Å²) in [7, 11) is 0. The molecule has 15 heavy (non-hydrogen) atoms. The van der Waals surface area contributed by atoms with Gasteiger partial charge >= 0.3 is 29.6 Å². The van der Waals surface area contributed by atoms with Crippen LogP contribution in [0.15, 0.2) is 0 Å². The molecular formula is C8H19N2NaO2S2. The second-order valence-corrected chi connectivity index (χ2v) is 3.43. The molecule has 86 valence electrons. The topological polar surface area (TPSA) is 63.4 Å². The molecular weight excluding hydrogens is 243 g/mol. The van der Waals surface area contributed by atoms with Crippen LogP contribution in [0.25, 0.3) is 0 Å². The Kier molecular flexibility index (Phi) is 20.5. The summed E-state index contributed by atoms with van der Waals surface area (Å²) < 4.78 is 0. The zero-order chi connectivity index (χ0) is 11.6. The Morgan fingerprint density at radius 3 is 1.60 bits per heavy atom. The van der Waals surface area contributed by atoms with E-state index >= 15 is 0 Å². The Balaban J connectivity index is -0.000000105. The maximum absolute atomic E-state index is 10.7. The van der Waals surface area contributed by atoms with Gasteiger partial charge in [0.2, 0.25) is 0 Å². The van der Waals surface area contributed by atoms with Crippen LogP contribution in [0.1, 0.15) is 28.1 Å². The number of carbonyl (C=O) groups excluding carboxylic acids is 2. The van der Waals surface area contributed by atoms with Gasteiger partial charge < -0.3 is 12.1 Å². The third-order valence-electron chi connectivity index (χ3n) is 1.26. The molecule has 0 aliphatic heterocycles. The van der Waals surface area contributed by atoms with Gasteiger partial charge in [0.15, 0.2) is 0 Å². The molecule has 0 radical (unpaired) electrons. The summed E-state index contributed by atoms with van der Waals surface area (Å²) >= 11 is 6.85. The van der Waals surface area contributed by atoms with Gasteiger partial charge in [-0.2, -0.15) is 0 Å². The first-order valence-electron chi connectivity index (χ1n) is 4.41. The van der Waals surface area contributed by atoms with Crippen LogP contribution < -0.4 is 35.3 Å². The van der Waals surface area contributed by atoms with Crippen molar-refractivity contribution in [2.24, 2.45) is 5.73 Å². The molecule has 0 fully saturated rings. The van der Waals surface area contributed by atoms with Crippen molar-refractivity contribution >= 4 is 35.7 Å². The summed E-state index contributed by atoms with van der Waals surface area (Å²) in [4.78, 5) is 21.6. The first kappa shape index (κ1) is 21.0. The van der Waals surface area contributed by atoms with Gasteiger partial charge in [0.1, 0.15) is 0 Å². The number of primary amides is 1. The zero-order valence-corrected chi connectivity index (χ0v) is 13.4. The minimum absolute atomic E-state index is 0. The molecule has 0 saturated heterocycles. The van der Waals surface area contributed by atoms with Crippen molar-refractivity contribution < 1.29 is 40.6 Å². The number of nitrogens with two attached hydrogens (primary N) is 1. The second kappa shape index (κ2) is 14.6. The Morgan fingerprint density at radius 2 is 1.47 bits per heavy atom. The van der Waals surface area contributed by atoms with Crippen molar-refractivity contribution in [2.45, 2.75) is 26.7 Å². The van der Waals surface area contributed by atoms with Crippen molar-refractivity contribution in [3.8, 4) is 0 Å². The normalized spacial score (nSPS) is 8.00. The molecule has 0 aromatic rings. The quantitative estimate of drug-likeness (QED) is 0.462. The van der Waals surface area contributed by atoms with Crippen LogP contribution in [0.3, 0.4) is 0 Å². The van der Waals surface area contributed by atoms with Crippen LogP contribution >= 0.6 is 25.3 Å². The Morgan fingerprint density at radius 1 is 1.20 bits per heavy atom. The molecule has 0 aliphatic carbocycles. The van der Waals surface area contributed by atoms with Crippen LogP contribution in [0.4, 0.5) is 9.59 Å². The van der Waals surface area contributed by atoms with Crippen LogP contribution in [-0.4, -0.2) is 28.5 Å². The van der Waals surface area contributed by atoms with Gasteiger partial charge in [-0.3, -0.25) is 9.59 Å².